The van der Waals surface area contributed by atoms with Gasteiger partial charge in [-0.3, -0.25) is 9.59 Å². The molecule has 154 valence electrons. The van der Waals surface area contributed by atoms with Gasteiger partial charge in [0.2, 0.25) is 0 Å². The molecule has 3 fully saturated rings. The van der Waals surface area contributed by atoms with Gasteiger partial charge in [-0.05, 0) is 62.5 Å². The Morgan fingerprint density at radius 1 is 1.32 bits per heavy atom. The van der Waals surface area contributed by atoms with E-state index in [0.717, 1.165) is 24.8 Å². The summed E-state index contributed by atoms with van der Waals surface area (Å²) in [5, 5.41) is 32.9. The van der Waals surface area contributed by atoms with E-state index in [1.807, 2.05) is 13.0 Å². The fourth-order valence-electron chi connectivity index (χ4n) is 7.20. The van der Waals surface area contributed by atoms with E-state index in [4.69, 9.17) is 0 Å². The first kappa shape index (κ1) is 20.0. The summed E-state index contributed by atoms with van der Waals surface area (Å²) in [6, 6.07) is 0. The largest absolute Gasteiger partial charge is 0.393 e. The molecule has 3 N–H and O–H groups in total. The lowest BCUT2D eigenvalue weighted by Gasteiger charge is -2.59. The van der Waals surface area contributed by atoms with Crippen molar-refractivity contribution >= 4 is 11.6 Å². The van der Waals surface area contributed by atoms with Gasteiger partial charge in [-0.1, -0.05) is 32.4 Å². The molecule has 0 aromatic carbocycles. The average molecular weight is 389 g/mol. The van der Waals surface area contributed by atoms with Gasteiger partial charge in [0.1, 0.15) is 11.7 Å². The van der Waals surface area contributed by atoms with Crippen LogP contribution in [0.3, 0.4) is 0 Å². The lowest BCUT2D eigenvalue weighted by Crippen LogP contribution is -2.62. The van der Waals surface area contributed by atoms with E-state index in [2.05, 4.69) is 6.92 Å². The van der Waals surface area contributed by atoms with Crippen LogP contribution in [0.5, 0.6) is 0 Å². The van der Waals surface area contributed by atoms with Crippen LogP contribution < -0.4 is 0 Å². The predicted molar refractivity (Wildman–Crippen MR) is 104 cm³/mol. The van der Waals surface area contributed by atoms with Crippen molar-refractivity contribution in [2.75, 3.05) is 0 Å². The summed E-state index contributed by atoms with van der Waals surface area (Å²) in [4.78, 5) is 24.8. The zero-order valence-corrected chi connectivity index (χ0v) is 17.0. The van der Waals surface area contributed by atoms with Crippen LogP contribution in [0.4, 0.5) is 0 Å². The van der Waals surface area contributed by atoms with Crippen molar-refractivity contribution in [1.29, 1.82) is 0 Å². The molecule has 5 nitrogen and oxygen atoms in total. The smallest absolute Gasteiger partial charge is 0.193 e. The van der Waals surface area contributed by atoms with Crippen LogP contribution in [0, 0.1) is 28.6 Å². The number of carbonyl (C=O) groups is 2. The molecule has 0 bridgehead atoms. The predicted octanol–water partition coefficient (Wildman–Crippen LogP) is 2.34. The van der Waals surface area contributed by atoms with E-state index in [1.165, 1.54) is 0 Å². The SMILES string of the molecule is CCC(O)C(=O)[C@@]1(O)CC[C@H]2[C@@H]3CCC4=CC(=O)C=C[C@]4(C)[C@H]3C(O)C[C@@]21C. The molecule has 28 heavy (non-hydrogen) atoms. The highest BCUT2D eigenvalue weighted by Gasteiger charge is 2.68. The third-order valence-corrected chi connectivity index (χ3v) is 8.74. The Balaban J connectivity index is 1.72. The number of rotatable bonds is 3. The Hall–Kier alpha value is -1.30. The third kappa shape index (κ3) is 2.42. The number of allylic oxidation sites excluding steroid dienone is 4. The van der Waals surface area contributed by atoms with Crippen LogP contribution in [0.2, 0.25) is 0 Å². The van der Waals surface area contributed by atoms with E-state index in [-0.39, 0.29) is 35.4 Å². The monoisotopic (exact) mass is 388 g/mol. The minimum Gasteiger partial charge on any atom is -0.393 e. The van der Waals surface area contributed by atoms with Crippen LogP contribution >= 0.6 is 0 Å². The molecule has 4 rings (SSSR count). The average Bonchev–Trinajstić information content (AvgIpc) is 2.92. The van der Waals surface area contributed by atoms with E-state index >= 15 is 0 Å². The van der Waals surface area contributed by atoms with Gasteiger partial charge in [0.05, 0.1) is 6.10 Å². The number of ketones is 2. The first-order valence-electron chi connectivity index (χ1n) is 10.7. The topological polar surface area (TPSA) is 94.8 Å². The van der Waals surface area contributed by atoms with Gasteiger partial charge in [0.15, 0.2) is 11.6 Å². The van der Waals surface area contributed by atoms with Gasteiger partial charge in [-0.15, -0.1) is 0 Å². The van der Waals surface area contributed by atoms with Crippen molar-refractivity contribution in [2.24, 2.45) is 28.6 Å². The number of hydrogen-bond donors (Lipinski definition) is 3. The van der Waals surface area contributed by atoms with Gasteiger partial charge < -0.3 is 15.3 Å². The number of aliphatic hydroxyl groups excluding tert-OH is 2. The maximum absolute atomic E-state index is 12.9. The Morgan fingerprint density at radius 3 is 2.71 bits per heavy atom. The highest BCUT2D eigenvalue weighted by atomic mass is 16.3. The van der Waals surface area contributed by atoms with Crippen molar-refractivity contribution in [1.82, 2.24) is 0 Å². The van der Waals surface area contributed by atoms with E-state index < -0.39 is 29.0 Å². The van der Waals surface area contributed by atoms with Gasteiger partial charge in [-0.25, -0.2) is 0 Å². The molecule has 5 heteroatoms. The molecule has 4 aliphatic rings. The molecule has 0 amide bonds. The van der Waals surface area contributed by atoms with Crippen molar-refractivity contribution < 1.29 is 24.9 Å². The van der Waals surface area contributed by atoms with Crippen LogP contribution in [0.1, 0.15) is 59.3 Å². The van der Waals surface area contributed by atoms with Gasteiger partial charge >= 0.3 is 0 Å². The summed E-state index contributed by atoms with van der Waals surface area (Å²) in [6.45, 7) is 5.77. The van der Waals surface area contributed by atoms with E-state index in [0.29, 0.717) is 12.8 Å². The molecule has 2 unspecified atom stereocenters. The molecule has 0 spiro atoms. The van der Waals surface area contributed by atoms with Crippen LogP contribution in [-0.2, 0) is 9.59 Å². The quantitative estimate of drug-likeness (QED) is 0.690. The number of Topliss-reactive ketones (excluding diaryl/α,β-unsaturated/α-hetero) is 1. The van der Waals surface area contributed by atoms with Crippen LogP contribution in [0.15, 0.2) is 23.8 Å². The number of aliphatic hydroxyl groups is 3. The second-order valence-electron chi connectivity index (χ2n) is 9.90. The zero-order valence-electron chi connectivity index (χ0n) is 17.0. The fraction of sp³-hybridized carbons (Fsp3) is 0.739. The highest BCUT2D eigenvalue weighted by Crippen LogP contribution is 2.67. The molecule has 4 aliphatic carbocycles. The summed E-state index contributed by atoms with van der Waals surface area (Å²) in [5.74, 6) is -0.215. The molecule has 0 saturated heterocycles. The lowest BCUT2D eigenvalue weighted by atomic mass is 9.46. The summed E-state index contributed by atoms with van der Waals surface area (Å²) >= 11 is 0. The normalized spacial score (nSPS) is 48.4. The summed E-state index contributed by atoms with van der Waals surface area (Å²) in [5.41, 5.74) is -1.60. The van der Waals surface area contributed by atoms with Gasteiger partial charge in [-0.2, -0.15) is 0 Å². The highest BCUT2D eigenvalue weighted by molar-refractivity contribution is 6.01. The Morgan fingerprint density at radius 2 is 2.04 bits per heavy atom. The molecule has 3 saturated carbocycles. The summed E-state index contributed by atoms with van der Waals surface area (Å²) in [7, 11) is 0. The number of fused-ring (bicyclic) bond motifs is 5. The molecule has 0 heterocycles. The zero-order chi connectivity index (χ0) is 20.5. The maximum atomic E-state index is 12.9. The Bertz CT molecular complexity index is 769. The second-order valence-corrected chi connectivity index (χ2v) is 9.90. The summed E-state index contributed by atoms with van der Waals surface area (Å²) in [6.07, 6.45) is 6.79. The molecule has 8 atom stereocenters. The second kappa shape index (κ2) is 6.35. The maximum Gasteiger partial charge on any atom is 0.193 e. The molecule has 0 aromatic heterocycles. The van der Waals surface area contributed by atoms with Crippen molar-refractivity contribution in [3.63, 3.8) is 0 Å². The molecular formula is C23H32O5. The first-order valence-corrected chi connectivity index (χ1v) is 10.7. The van der Waals surface area contributed by atoms with Gasteiger partial charge in [0, 0.05) is 16.7 Å². The minimum atomic E-state index is -1.59. The molecule has 0 radical (unpaired) electrons. The molecule has 0 aromatic rings. The van der Waals surface area contributed by atoms with Gasteiger partial charge in [0.25, 0.3) is 0 Å². The molecule has 0 aliphatic heterocycles. The Labute approximate surface area is 166 Å². The standard InChI is InChI=1S/C23H32O5/c1-4-17(25)20(27)23(28)10-8-16-15-6-5-13-11-14(24)7-9-21(13,2)19(15)18(26)12-22(16,23)3/h7,9,11,15-19,25-26,28H,4-6,8,10,12H2,1-3H3/t15-,16-,17?,18?,19+,21-,22-,23-/m0/s1. The Kier molecular flexibility index (Phi) is 4.53. The number of carbonyl (C=O) groups excluding carboxylic acids is 2. The number of hydrogen-bond acceptors (Lipinski definition) is 5. The van der Waals surface area contributed by atoms with Crippen molar-refractivity contribution in [2.45, 2.75) is 77.1 Å². The minimum absolute atomic E-state index is 0.00968. The van der Waals surface area contributed by atoms with E-state index in [1.54, 1.807) is 19.1 Å². The van der Waals surface area contributed by atoms with Crippen LogP contribution in [0.25, 0.3) is 0 Å². The van der Waals surface area contributed by atoms with E-state index in [9.17, 15) is 24.9 Å². The lowest BCUT2D eigenvalue weighted by molar-refractivity contribution is -0.182. The summed E-state index contributed by atoms with van der Waals surface area (Å²) < 4.78 is 0. The fourth-order valence-corrected chi connectivity index (χ4v) is 7.20. The molecular weight excluding hydrogens is 356 g/mol. The van der Waals surface area contributed by atoms with Crippen molar-refractivity contribution in [3.05, 3.63) is 23.8 Å². The first-order chi connectivity index (χ1) is 13.1. The van der Waals surface area contributed by atoms with Crippen molar-refractivity contribution in [3.8, 4) is 0 Å². The van der Waals surface area contributed by atoms with Crippen LogP contribution in [-0.4, -0.2) is 44.7 Å². The third-order valence-electron chi connectivity index (χ3n) is 8.74.